The molecule has 1 N–H and O–H groups in total. The molecule has 144 valence electrons. The van der Waals surface area contributed by atoms with E-state index in [0.29, 0.717) is 12.8 Å². The number of hydrogen-bond donors (Lipinski definition) is 1. The van der Waals surface area contributed by atoms with Crippen LogP contribution < -0.4 is 5.32 Å². The van der Waals surface area contributed by atoms with Gasteiger partial charge in [-0.1, -0.05) is 48.5 Å². The first kappa shape index (κ1) is 18.4. The summed E-state index contributed by atoms with van der Waals surface area (Å²) in [4.78, 5) is 14.8. The van der Waals surface area contributed by atoms with Crippen molar-refractivity contribution in [3.8, 4) is 5.69 Å². The predicted molar refractivity (Wildman–Crippen MR) is 110 cm³/mol. The second kappa shape index (κ2) is 8.85. The lowest BCUT2D eigenvalue weighted by Gasteiger charge is -2.16. The maximum atomic E-state index is 12.4. The third kappa shape index (κ3) is 4.87. The topological polar surface area (TPSA) is 50.2 Å². The normalized spacial score (nSPS) is 16.9. The molecule has 1 unspecified atom stereocenters. The summed E-state index contributed by atoms with van der Waals surface area (Å²) in [6, 6.07) is 20.8. The van der Waals surface area contributed by atoms with Gasteiger partial charge in [-0.15, -0.1) is 0 Å². The Morgan fingerprint density at radius 1 is 1.04 bits per heavy atom. The van der Waals surface area contributed by atoms with E-state index in [9.17, 15) is 4.79 Å². The number of benzene rings is 2. The molecule has 4 rings (SSSR count). The van der Waals surface area contributed by atoms with Gasteiger partial charge in [0.25, 0.3) is 0 Å². The molecule has 1 fully saturated rings. The van der Waals surface area contributed by atoms with E-state index in [-0.39, 0.29) is 11.9 Å². The van der Waals surface area contributed by atoms with Crippen molar-refractivity contribution in [2.75, 3.05) is 13.1 Å². The maximum Gasteiger partial charge on any atom is 0.220 e. The van der Waals surface area contributed by atoms with Crippen molar-refractivity contribution >= 4 is 5.91 Å². The monoisotopic (exact) mass is 374 g/mol. The Morgan fingerprint density at radius 3 is 2.57 bits per heavy atom. The van der Waals surface area contributed by atoms with Gasteiger partial charge in [-0.3, -0.25) is 9.69 Å². The number of rotatable bonds is 7. The molecule has 2 aromatic carbocycles. The number of amides is 1. The van der Waals surface area contributed by atoms with E-state index in [2.05, 4.69) is 39.6 Å². The average molecular weight is 374 g/mol. The van der Waals surface area contributed by atoms with Gasteiger partial charge in [0.05, 0.1) is 11.9 Å². The minimum absolute atomic E-state index is 0.124. The molecule has 0 saturated carbocycles. The minimum atomic E-state index is 0.124. The van der Waals surface area contributed by atoms with E-state index in [1.165, 1.54) is 5.56 Å². The zero-order valence-electron chi connectivity index (χ0n) is 16.0. The Hall–Kier alpha value is -2.92. The van der Waals surface area contributed by atoms with Crippen LogP contribution in [-0.2, 0) is 17.8 Å². The molecular formula is C23H26N4O. The van der Waals surface area contributed by atoms with Crippen LogP contribution in [-0.4, -0.2) is 39.7 Å². The standard InChI is InChI=1S/C23H26N4O/c28-23(12-11-20-15-24-27(17-20)22-9-5-2-6-10-22)25-21-13-14-26(18-21)16-19-7-3-1-4-8-19/h1-10,15,17,21H,11-14,16,18H2,(H,25,28). The van der Waals surface area contributed by atoms with E-state index in [1.54, 1.807) is 0 Å². The second-order valence-corrected chi connectivity index (χ2v) is 7.40. The molecule has 0 bridgehead atoms. The summed E-state index contributed by atoms with van der Waals surface area (Å²) in [5, 5.41) is 7.59. The van der Waals surface area contributed by atoms with Gasteiger partial charge in [0.1, 0.15) is 0 Å². The third-order valence-corrected chi connectivity index (χ3v) is 5.18. The molecule has 1 amide bonds. The second-order valence-electron chi connectivity index (χ2n) is 7.40. The molecule has 0 radical (unpaired) electrons. The Labute approximate surface area is 166 Å². The van der Waals surface area contributed by atoms with Crippen molar-refractivity contribution in [1.82, 2.24) is 20.0 Å². The first-order chi connectivity index (χ1) is 13.8. The first-order valence-corrected chi connectivity index (χ1v) is 9.91. The SMILES string of the molecule is O=C(CCc1cnn(-c2ccccc2)c1)NC1CCN(Cc2ccccc2)C1. The molecule has 3 aromatic rings. The molecule has 2 heterocycles. The van der Waals surface area contributed by atoms with Crippen molar-refractivity contribution in [1.29, 1.82) is 0 Å². The lowest BCUT2D eigenvalue weighted by Crippen LogP contribution is -2.37. The average Bonchev–Trinajstić information content (AvgIpc) is 3.38. The van der Waals surface area contributed by atoms with Crippen molar-refractivity contribution in [2.45, 2.75) is 31.8 Å². The maximum absolute atomic E-state index is 12.4. The summed E-state index contributed by atoms with van der Waals surface area (Å²) in [5.74, 6) is 0.124. The smallest absolute Gasteiger partial charge is 0.220 e. The van der Waals surface area contributed by atoms with Crippen molar-refractivity contribution in [3.05, 3.63) is 84.2 Å². The summed E-state index contributed by atoms with van der Waals surface area (Å²) in [5.41, 5.74) is 3.43. The van der Waals surface area contributed by atoms with Crippen LogP contribution >= 0.6 is 0 Å². The van der Waals surface area contributed by atoms with Gasteiger partial charge >= 0.3 is 0 Å². The molecule has 0 spiro atoms. The summed E-state index contributed by atoms with van der Waals surface area (Å²) in [7, 11) is 0. The summed E-state index contributed by atoms with van der Waals surface area (Å²) in [6.07, 6.45) is 6.07. The Kier molecular flexibility index (Phi) is 5.83. The molecule has 1 aliphatic heterocycles. The Morgan fingerprint density at radius 2 is 1.79 bits per heavy atom. The zero-order chi connectivity index (χ0) is 19.2. The molecule has 1 atom stereocenters. The van der Waals surface area contributed by atoms with Gasteiger partial charge in [-0.25, -0.2) is 4.68 Å². The highest BCUT2D eigenvalue weighted by molar-refractivity contribution is 5.76. The lowest BCUT2D eigenvalue weighted by atomic mass is 10.2. The van der Waals surface area contributed by atoms with Crippen LogP contribution in [0, 0.1) is 0 Å². The van der Waals surface area contributed by atoms with Gasteiger partial charge in [-0.2, -0.15) is 5.10 Å². The Bertz CT molecular complexity index is 891. The van der Waals surface area contributed by atoms with Crippen LogP contribution in [0.2, 0.25) is 0 Å². The molecule has 1 aromatic heterocycles. The van der Waals surface area contributed by atoms with Gasteiger partial charge in [0, 0.05) is 38.3 Å². The van der Waals surface area contributed by atoms with Crippen LogP contribution in [0.5, 0.6) is 0 Å². The number of aryl methyl sites for hydroxylation is 1. The number of nitrogens with zero attached hydrogens (tertiary/aromatic N) is 3. The number of carbonyl (C=O) groups excluding carboxylic acids is 1. The molecule has 0 aliphatic carbocycles. The highest BCUT2D eigenvalue weighted by atomic mass is 16.1. The third-order valence-electron chi connectivity index (χ3n) is 5.18. The number of carbonyl (C=O) groups is 1. The van der Waals surface area contributed by atoms with E-state index < -0.39 is 0 Å². The molecule has 5 heteroatoms. The van der Waals surface area contributed by atoms with Crippen LogP contribution in [0.3, 0.4) is 0 Å². The zero-order valence-corrected chi connectivity index (χ0v) is 16.0. The summed E-state index contributed by atoms with van der Waals surface area (Å²) < 4.78 is 1.85. The van der Waals surface area contributed by atoms with Gasteiger partial charge in [0.2, 0.25) is 5.91 Å². The van der Waals surface area contributed by atoms with Crippen LogP contribution in [0.15, 0.2) is 73.1 Å². The van der Waals surface area contributed by atoms with Crippen LogP contribution in [0.4, 0.5) is 0 Å². The van der Waals surface area contributed by atoms with E-state index >= 15 is 0 Å². The minimum Gasteiger partial charge on any atom is -0.352 e. The molecule has 5 nitrogen and oxygen atoms in total. The summed E-state index contributed by atoms with van der Waals surface area (Å²) in [6.45, 7) is 2.90. The first-order valence-electron chi connectivity index (χ1n) is 9.91. The molecular weight excluding hydrogens is 348 g/mol. The number of hydrogen-bond acceptors (Lipinski definition) is 3. The Balaban J connectivity index is 1.22. The predicted octanol–water partition coefficient (Wildman–Crippen LogP) is 3.20. The summed E-state index contributed by atoms with van der Waals surface area (Å²) >= 11 is 0. The highest BCUT2D eigenvalue weighted by Gasteiger charge is 2.23. The molecule has 1 aliphatic rings. The van der Waals surface area contributed by atoms with Crippen LogP contribution in [0.1, 0.15) is 24.0 Å². The molecule has 1 saturated heterocycles. The fourth-order valence-electron chi connectivity index (χ4n) is 3.70. The number of nitrogens with one attached hydrogen (secondary N) is 1. The van der Waals surface area contributed by atoms with E-state index in [0.717, 1.165) is 37.3 Å². The van der Waals surface area contributed by atoms with Crippen molar-refractivity contribution in [2.24, 2.45) is 0 Å². The van der Waals surface area contributed by atoms with Crippen molar-refractivity contribution in [3.63, 3.8) is 0 Å². The van der Waals surface area contributed by atoms with Gasteiger partial charge in [-0.05, 0) is 36.1 Å². The number of aromatic nitrogens is 2. The van der Waals surface area contributed by atoms with E-state index in [4.69, 9.17) is 0 Å². The van der Waals surface area contributed by atoms with Gasteiger partial charge < -0.3 is 5.32 Å². The van der Waals surface area contributed by atoms with Gasteiger partial charge in [0.15, 0.2) is 0 Å². The highest BCUT2D eigenvalue weighted by Crippen LogP contribution is 2.14. The quantitative estimate of drug-likeness (QED) is 0.691. The lowest BCUT2D eigenvalue weighted by molar-refractivity contribution is -0.121. The fraction of sp³-hybridized carbons (Fsp3) is 0.304. The van der Waals surface area contributed by atoms with E-state index in [1.807, 2.05) is 53.5 Å². The fourth-order valence-corrected chi connectivity index (χ4v) is 3.70. The number of para-hydroxylation sites is 1. The van der Waals surface area contributed by atoms with Crippen molar-refractivity contribution < 1.29 is 4.79 Å². The van der Waals surface area contributed by atoms with Crippen LogP contribution in [0.25, 0.3) is 5.69 Å². The molecule has 28 heavy (non-hydrogen) atoms. The number of likely N-dealkylation sites (tertiary alicyclic amines) is 1. The largest absolute Gasteiger partial charge is 0.352 e.